The van der Waals surface area contributed by atoms with E-state index in [-0.39, 0.29) is 11.8 Å². The molecule has 2 atom stereocenters. The summed E-state index contributed by atoms with van der Waals surface area (Å²) in [6, 6.07) is 4.64. The molecule has 0 aromatic heterocycles. The zero-order chi connectivity index (χ0) is 14.9. The van der Waals surface area contributed by atoms with Crippen molar-refractivity contribution in [3.05, 3.63) is 23.8 Å². The Morgan fingerprint density at radius 1 is 1.40 bits per heavy atom. The molecule has 1 amide bonds. The van der Waals surface area contributed by atoms with Gasteiger partial charge in [-0.25, -0.2) is 4.79 Å². The second kappa shape index (κ2) is 5.20. The average Bonchev–Trinajstić information content (AvgIpc) is 2.71. The number of primary amides is 1. The number of nitrogens with one attached hydrogen (secondary N) is 1. The summed E-state index contributed by atoms with van der Waals surface area (Å²) in [6.07, 6.45) is 0. The maximum Gasteiger partial charge on any atom is 0.341 e. The van der Waals surface area contributed by atoms with Crippen LogP contribution in [0.25, 0.3) is 0 Å². The fourth-order valence-corrected chi connectivity index (χ4v) is 2.35. The largest absolute Gasteiger partial charge is 0.482 e. The number of aliphatic carboxylic acids is 1. The van der Waals surface area contributed by atoms with Gasteiger partial charge in [-0.1, -0.05) is 6.07 Å². The summed E-state index contributed by atoms with van der Waals surface area (Å²) in [4.78, 5) is 33.6. The molecule has 7 nitrogen and oxygen atoms in total. The first-order chi connectivity index (χ1) is 9.41. The SMILES string of the molecule is CC1Nc2cccc(OCC(=O)O)c2C1C(=O)C(N)=O. The number of carboxylic acids is 1. The molecule has 1 heterocycles. The number of ketones is 1. The number of carbonyl (C=O) groups excluding carboxylic acids is 2. The van der Waals surface area contributed by atoms with Crippen molar-refractivity contribution in [2.75, 3.05) is 11.9 Å². The van der Waals surface area contributed by atoms with Gasteiger partial charge in [0, 0.05) is 17.3 Å². The lowest BCUT2D eigenvalue weighted by Crippen LogP contribution is -2.33. The summed E-state index contributed by atoms with van der Waals surface area (Å²) >= 11 is 0. The number of rotatable bonds is 5. The predicted molar refractivity (Wildman–Crippen MR) is 69.6 cm³/mol. The maximum absolute atomic E-state index is 11.9. The van der Waals surface area contributed by atoms with E-state index in [1.807, 2.05) is 0 Å². The Morgan fingerprint density at radius 3 is 2.70 bits per heavy atom. The van der Waals surface area contributed by atoms with E-state index >= 15 is 0 Å². The monoisotopic (exact) mass is 278 g/mol. The topological polar surface area (TPSA) is 119 Å². The van der Waals surface area contributed by atoms with Crippen molar-refractivity contribution in [3.63, 3.8) is 0 Å². The number of carboxylic acid groups (broad SMARTS) is 1. The number of fused-ring (bicyclic) bond motifs is 1. The standard InChI is InChI=1S/C13H14N2O5/c1-6-10(12(18)13(14)19)11-7(15-6)3-2-4-8(11)20-5-9(16)17/h2-4,6,10,15H,5H2,1H3,(H2,14,19)(H,16,17). The summed E-state index contributed by atoms with van der Waals surface area (Å²) in [7, 11) is 0. The van der Waals surface area contributed by atoms with Crippen LogP contribution in [0.2, 0.25) is 0 Å². The second-order valence-electron chi connectivity index (χ2n) is 4.54. The van der Waals surface area contributed by atoms with Gasteiger partial charge in [-0.15, -0.1) is 0 Å². The van der Waals surface area contributed by atoms with E-state index in [9.17, 15) is 14.4 Å². The number of anilines is 1. The zero-order valence-electron chi connectivity index (χ0n) is 10.8. The molecule has 0 radical (unpaired) electrons. The van der Waals surface area contributed by atoms with E-state index < -0.39 is 30.2 Å². The summed E-state index contributed by atoms with van der Waals surface area (Å²) in [5, 5.41) is 11.7. The molecule has 7 heteroatoms. The van der Waals surface area contributed by atoms with Crippen molar-refractivity contribution in [1.82, 2.24) is 0 Å². The van der Waals surface area contributed by atoms with Gasteiger partial charge in [-0.2, -0.15) is 0 Å². The molecule has 2 unspecified atom stereocenters. The van der Waals surface area contributed by atoms with Crippen LogP contribution in [-0.2, 0) is 14.4 Å². The number of benzene rings is 1. The molecule has 106 valence electrons. The van der Waals surface area contributed by atoms with Gasteiger partial charge in [-0.05, 0) is 19.1 Å². The fraction of sp³-hybridized carbons (Fsp3) is 0.308. The highest BCUT2D eigenvalue weighted by Crippen LogP contribution is 2.42. The van der Waals surface area contributed by atoms with Gasteiger partial charge in [0.15, 0.2) is 6.61 Å². The minimum Gasteiger partial charge on any atom is -0.482 e. The Labute approximate surface area is 114 Å². The molecule has 20 heavy (non-hydrogen) atoms. The van der Waals surface area contributed by atoms with Crippen LogP contribution in [0.3, 0.4) is 0 Å². The number of nitrogens with two attached hydrogens (primary N) is 1. The van der Waals surface area contributed by atoms with Crippen molar-refractivity contribution in [2.45, 2.75) is 18.9 Å². The summed E-state index contributed by atoms with van der Waals surface area (Å²) < 4.78 is 5.17. The number of hydrogen-bond donors (Lipinski definition) is 3. The quantitative estimate of drug-likeness (QED) is 0.657. The van der Waals surface area contributed by atoms with Gasteiger partial charge in [0.1, 0.15) is 5.75 Å². The minimum atomic E-state index is -1.13. The first-order valence-electron chi connectivity index (χ1n) is 5.99. The molecule has 1 aliphatic heterocycles. The molecule has 0 saturated carbocycles. The van der Waals surface area contributed by atoms with Crippen LogP contribution in [0, 0.1) is 0 Å². The molecule has 0 spiro atoms. The van der Waals surface area contributed by atoms with E-state index in [4.69, 9.17) is 15.6 Å². The van der Waals surface area contributed by atoms with E-state index in [0.29, 0.717) is 11.3 Å². The van der Waals surface area contributed by atoms with E-state index in [2.05, 4.69) is 5.32 Å². The smallest absolute Gasteiger partial charge is 0.341 e. The Balaban J connectivity index is 2.40. The third-order valence-corrected chi connectivity index (χ3v) is 3.14. The van der Waals surface area contributed by atoms with Crippen molar-refractivity contribution in [3.8, 4) is 5.75 Å². The number of amides is 1. The second-order valence-corrected chi connectivity index (χ2v) is 4.54. The Bertz CT molecular complexity index is 584. The zero-order valence-corrected chi connectivity index (χ0v) is 10.8. The van der Waals surface area contributed by atoms with Crippen LogP contribution in [0.15, 0.2) is 18.2 Å². The lowest BCUT2D eigenvalue weighted by Gasteiger charge is -2.15. The highest BCUT2D eigenvalue weighted by molar-refractivity contribution is 6.38. The van der Waals surface area contributed by atoms with Gasteiger partial charge in [0.25, 0.3) is 5.91 Å². The lowest BCUT2D eigenvalue weighted by atomic mass is 9.90. The van der Waals surface area contributed by atoms with Gasteiger partial charge in [0.2, 0.25) is 5.78 Å². The lowest BCUT2D eigenvalue weighted by molar-refractivity contribution is -0.139. The molecule has 0 aliphatic carbocycles. The Kier molecular flexibility index (Phi) is 3.60. The molecular weight excluding hydrogens is 264 g/mol. The van der Waals surface area contributed by atoms with Crippen LogP contribution in [0.4, 0.5) is 5.69 Å². The number of ether oxygens (including phenoxy) is 1. The normalized spacial score (nSPS) is 19.9. The first kappa shape index (κ1) is 13.9. The van der Waals surface area contributed by atoms with Crippen LogP contribution < -0.4 is 15.8 Å². The molecular formula is C13H14N2O5. The first-order valence-corrected chi connectivity index (χ1v) is 5.99. The fourth-order valence-electron chi connectivity index (χ4n) is 2.35. The molecule has 0 bridgehead atoms. The number of hydrogen-bond acceptors (Lipinski definition) is 5. The Hall–Kier alpha value is -2.57. The summed E-state index contributed by atoms with van der Waals surface area (Å²) in [5.74, 6) is -3.38. The molecule has 2 rings (SSSR count). The van der Waals surface area contributed by atoms with Gasteiger partial charge >= 0.3 is 5.97 Å². The maximum atomic E-state index is 11.9. The van der Waals surface area contributed by atoms with Crippen LogP contribution >= 0.6 is 0 Å². The van der Waals surface area contributed by atoms with Crippen molar-refractivity contribution in [2.24, 2.45) is 5.73 Å². The number of Topliss-reactive ketones (excluding diaryl/α,β-unsaturated/α-hetero) is 1. The molecule has 0 fully saturated rings. The Morgan fingerprint density at radius 2 is 2.10 bits per heavy atom. The van der Waals surface area contributed by atoms with Gasteiger partial charge < -0.3 is 20.9 Å². The summed E-state index contributed by atoms with van der Waals surface area (Å²) in [6.45, 7) is 1.22. The molecule has 1 aliphatic rings. The molecule has 0 saturated heterocycles. The van der Waals surface area contributed by atoms with E-state index in [0.717, 1.165) is 0 Å². The third-order valence-electron chi connectivity index (χ3n) is 3.14. The van der Waals surface area contributed by atoms with E-state index in [1.165, 1.54) is 0 Å². The highest BCUT2D eigenvalue weighted by Gasteiger charge is 2.39. The number of carbonyl (C=O) groups is 3. The van der Waals surface area contributed by atoms with E-state index in [1.54, 1.807) is 25.1 Å². The van der Waals surface area contributed by atoms with Crippen molar-refractivity contribution in [1.29, 1.82) is 0 Å². The van der Waals surface area contributed by atoms with Crippen LogP contribution in [-0.4, -0.2) is 35.4 Å². The predicted octanol–water partition coefficient (Wildman–Crippen LogP) is 0.102. The average molecular weight is 278 g/mol. The molecule has 1 aromatic rings. The molecule has 4 N–H and O–H groups in total. The van der Waals surface area contributed by atoms with Gasteiger partial charge in [-0.3, -0.25) is 9.59 Å². The van der Waals surface area contributed by atoms with Crippen LogP contribution in [0.5, 0.6) is 5.75 Å². The van der Waals surface area contributed by atoms with Gasteiger partial charge in [0.05, 0.1) is 5.92 Å². The summed E-state index contributed by atoms with van der Waals surface area (Å²) in [5.41, 5.74) is 6.17. The molecule has 1 aromatic carbocycles. The van der Waals surface area contributed by atoms with Crippen molar-refractivity contribution >= 4 is 23.3 Å². The highest BCUT2D eigenvalue weighted by atomic mass is 16.5. The minimum absolute atomic E-state index is 0.265. The third kappa shape index (κ3) is 2.42. The van der Waals surface area contributed by atoms with Crippen LogP contribution in [0.1, 0.15) is 18.4 Å². The van der Waals surface area contributed by atoms with Crippen molar-refractivity contribution < 1.29 is 24.2 Å².